The van der Waals surface area contributed by atoms with Gasteiger partial charge in [-0.2, -0.15) is 0 Å². The Labute approximate surface area is 89.1 Å². The zero-order valence-corrected chi connectivity index (χ0v) is 8.95. The molecule has 0 radical (unpaired) electrons. The summed E-state index contributed by atoms with van der Waals surface area (Å²) in [5.41, 5.74) is 1.06. The van der Waals surface area contributed by atoms with E-state index in [0.717, 1.165) is 30.2 Å². The van der Waals surface area contributed by atoms with Crippen molar-refractivity contribution >= 4 is 0 Å². The highest BCUT2D eigenvalue weighted by Gasteiger charge is 2.18. The Morgan fingerprint density at radius 2 is 2.07 bits per heavy atom. The molecule has 1 heterocycles. The van der Waals surface area contributed by atoms with Gasteiger partial charge in [-0.25, -0.2) is 0 Å². The molecule has 0 saturated carbocycles. The summed E-state index contributed by atoms with van der Waals surface area (Å²) < 4.78 is 15.9. The molecule has 1 aliphatic rings. The summed E-state index contributed by atoms with van der Waals surface area (Å²) >= 11 is 0. The Morgan fingerprint density at radius 3 is 2.67 bits per heavy atom. The molecule has 0 amide bonds. The van der Waals surface area contributed by atoms with Crippen LogP contribution < -0.4 is 14.8 Å². The van der Waals surface area contributed by atoms with Gasteiger partial charge in [-0.1, -0.05) is 6.07 Å². The van der Waals surface area contributed by atoms with Gasteiger partial charge in [0.25, 0.3) is 0 Å². The standard InChI is InChI=1S/C11H15NO3/c1-13-9-4-3-8(7-10(9)14-2)11-12-5-6-15-11/h3-4,7,11-12H,5-6H2,1-2H3/t11-/m1/s1. The number of rotatable bonds is 3. The van der Waals surface area contributed by atoms with E-state index in [2.05, 4.69) is 5.32 Å². The molecule has 1 aromatic rings. The van der Waals surface area contributed by atoms with Gasteiger partial charge in [-0.15, -0.1) is 0 Å². The average molecular weight is 209 g/mol. The normalized spacial score (nSPS) is 20.3. The molecule has 1 N–H and O–H groups in total. The second kappa shape index (κ2) is 4.51. The van der Waals surface area contributed by atoms with Crippen molar-refractivity contribution in [2.75, 3.05) is 27.4 Å². The molecule has 0 spiro atoms. The first kappa shape index (κ1) is 10.3. The van der Waals surface area contributed by atoms with Crippen LogP contribution in [0.2, 0.25) is 0 Å². The maximum absolute atomic E-state index is 5.50. The van der Waals surface area contributed by atoms with Gasteiger partial charge in [0.15, 0.2) is 11.5 Å². The topological polar surface area (TPSA) is 39.7 Å². The molecule has 1 aromatic carbocycles. The van der Waals surface area contributed by atoms with Crippen molar-refractivity contribution in [2.45, 2.75) is 6.23 Å². The van der Waals surface area contributed by atoms with Crippen LogP contribution >= 0.6 is 0 Å². The van der Waals surface area contributed by atoms with Gasteiger partial charge in [0.05, 0.1) is 20.8 Å². The van der Waals surface area contributed by atoms with Crippen LogP contribution in [0.25, 0.3) is 0 Å². The number of benzene rings is 1. The zero-order chi connectivity index (χ0) is 10.7. The minimum Gasteiger partial charge on any atom is -0.493 e. The van der Waals surface area contributed by atoms with E-state index < -0.39 is 0 Å². The van der Waals surface area contributed by atoms with Gasteiger partial charge < -0.3 is 14.2 Å². The lowest BCUT2D eigenvalue weighted by molar-refractivity contribution is 0.102. The molecule has 0 bridgehead atoms. The molecule has 4 nitrogen and oxygen atoms in total. The first-order valence-corrected chi connectivity index (χ1v) is 4.92. The smallest absolute Gasteiger partial charge is 0.161 e. The number of hydrogen-bond donors (Lipinski definition) is 1. The Kier molecular flexibility index (Phi) is 3.08. The summed E-state index contributed by atoms with van der Waals surface area (Å²) in [7, 11) is 3.26. The van der Waals surface area contributed by atoms with E-state index in [0.29, 0.717) is 0 Å². The zero-order valence-electron chi connectivity index (χ0n) is 8.95. The maximum Gasteiger partial charge on any atom is 0.161 e. The summed E-state index contributed by atoms with van der Waals surface area (Å²) in [4.78, 5) is 0. The third-order valence-electron chi connectivity index (χ3n) is 2.43. The van der Waals surface area contributed by atoms with Crippen LogP contribution in [-0.2, 0) is 4.74 Å². The van der Waals surface area contributed by atoms with Crippen LogP contribution in [0, 0.1) is 0 Å². The van der Waals surface area contributed by atoms with Crippen LogP contribution in [0.15, 0.2) is 18.2 Å². The number of methoxy groups -OCH3 is 2. The van der Waals surface area contributed by atoms with Crippen molar-refractivity contribution in [3.63, 3.8) is 0 Å². The van der Waals surface area contributed by atoms with Gasteiger partial charge in [0.2, 0.25) is 0 Å². The molecule has 0 aromatic heterocycles. The predicted molar refractivity (Wildman–Crippen MR) is 56.2 cm³/mol. The summed E-state index contributed by atoms with van der Waals surface area (Å²) in [5, 5.41) is 3.24. The second-order valence-corrected chi connectivity index (χ2v) is 3.32. The Morgan fingerprint density at radius 1 is 1.27 bits per heavy atom. The molecule has 0 unspecified atom stereocenters. The molecule has 15 heavy (non-hydrogen) atoms. The lowest BCUT2D eigenvalue weighted by atomic mass is 10.2. The van der Waals surface area contributed by atoms with Crippen LogP contribution in [0.3, 0.4) is 0 Å². The van der Waals surface area contributed by atoms with Crippen molar-refractivity contribution in [3.8, 4) is 11.5 Å². The van der Waals surface area contributed by atoms with Gasteiger partial charge in [-0.05, 0) is 17.7 Å². The molecular weight excluding hydrogens is 194 g/mol. The van der Waals surface area contributed by atoms with Gasteiger partial charge in [-0.3, -0.25) is 5.32 Å². The van der Waals surface area contributed by atoms with Gasteiger partial charge in [0, 0.05) is 6.54 Å². The Bertz CT molecular complexity index is 335. The minimum atomic E-state index is -0.0233. The van der Waals surface area contributed by atoms with E-state index in [-0.39, 0.29) is 6.23 Å². The second-order valence-electron chi connectivity index (χ2n) is 3.32. The molecule has 1 aliphatic heterocycles. The summed E-state index contributed by atoms with van der Waals surface area (Å²) in [5.74, 6) is 1.46. The van der Waals surface area contributed by atoms with Crippen LogP contribution in [0.5, 0.6) is 11.5 Å². The molecule has 4 heteroatoms. The average Bonchev–Trinajstić information content (AvgIpc) is 2.81. The van der Waals surface area contributed by atoms with E-state index in [1.54, 1.807) is 14.2 Å². The van der Waals surface area contributed by atoms with E-state index in [9.17, 15) is 0 Å². The summed E-state index contributed by atoms with van der Waals surface area (Å²) in [6.45, 7) is 1.64. The molecule has 82 valence electrons. The third kappa shape index (κ3) is 2.06. The minimum absolute atomic E-state index is 0.0233. The third-order valence-corrected chi connectivity index (χ3v) is 2.43. The number of nitrogens with one attached hydrogen (secondary N) is 1. The van der Waals surface area contributed by atoms with Crippen molar-refractivity contribution in [3.05, 3.63) is 23.8 Å². The summed E-state index contributed by atoms with van der Waals surface area (Å²) in [6.07, 6.45) is -0.0233. The first-order valence-electron chi connectivity index (χ1n) is 4.92. The monoisotopic (exact) mass is 209 g/mol. The lowest BCUT2D eigenvalue weighted by Crippen LogP contribution is -2.13. The molecule has 1 fully saturated rings. The SMILES string of the molecule is COc1ccc([C@@H]2NCCO2)cc1OC. The number of hydrogen-bond acceptors (Lipinski definition) is 4. The van der Waals surface area contributed by atoms with Crippen molar-refractivity contribution < 1.29 is 14.2 Å². The van der Waals surface area contributed by atoms with E-state index in [4.69, 9.17) is 14.2 Å². The predicted octanol–water partition coefficient (Wildman–Crippen LogP) is 1.32. The Hall–Kier alpha value is -1.26. The van der Waals surface area contributed by atoms with Crippen molar-refractivity contribution in [1.29, 1.82) is 0 Å². The van der Waals surface area contributed by atoms with E-state index in [1.807, 2.05) is 18.2 Å². The number of ether oxygens (including phenoxy) is 3. The van der Waals surface area contributed by atoms with E-state index >= 15 is 0 Å². The van der Waals surface area contributed by atoms with E-state index in [1.165, 1.54) is 0 Å². The Balaban J connectivity index is 2.25. The van der Waals surface area contributed by atoms with Gasteiger partial charge >= 0.3 is 0 Å². The van der Waals surface area contributed by atoms with Crippen LogP contribution in [-0.4, -0.2) is 27.4 Å². The highest BCUT2D eigenvalue weighted by molar-refractivity contribution is 5.43. The quantitative estimate of drug-likeness (QED) is 0.815. The van der Waals surface area contributed by atoms with Crippen LogP contribution in [0.1, 0.15) is 11.8 Å². The highest BCUT2D eigenvalue weighted by atomic mass is 16.5. The molecule has 2 rings (SSSR count). The fraction of sp³-hybridized carbons (Fsp3) is 0.455. The molecule has 1 saturated heterocycles. The lowest BCUT2D eigenvalue weighted by Gasteiger charge is -2.13. The van der Waals surface area contributed by atoms with Crippen molar-refractivity contribution in [1.82, 2.24) is 5.32 Å². The van der Waals surface area contributed by atoms with Crippen molar-refractivity contribution in [2.24, 2.45) is 0 Å². The summed E-state index contributed by atoms with van der Waals surface area (Å²) in [6, 6.07) is 5.80. The van der Waals surface area contributed by atoms with Gasteiger partial charge in [0.1, 0.15) is 6.23 Å². The first-order chi connectivity index (χ1) is 7.35. The highest BCUT2D eigenvalue weighted by Crippen LogP contribution is 2.30. The molecule has 1 atom stereocenters. The largest absolute Gasteiger partial charge is 0.493 e. The van der Waals surface area contributed by atoms with Crippen LogP contribution in [0.4, 0.5) is 0 Å². The fourth-order valence-electron chi connectivity index (χ4n) is 1.66. The molecule has 0 aliphatic carbocycles. The fourth-order valence-corrected chi connectivity index (χ4v) is 1.66. The molecular formula is C11H15NO3. The maximum atomic E-state index is 5.50.